The summed E-state index contributed by atoms with van der Waals surface area (Å²) in [4.78, 5) is 12.6. The van der Waals surface area contributed by atoms with Crippen molar-refractivity contribution in [1.29, 1.82) is 0 Å². The maximum absolute atomic E-state index is 10.5. The molecule has 0 spiro atoms. The minimum Gasteiger partial charge on any atom is -0.297 e. The van der Waals surface area contributed by atoms with E-state index in [4.69, 9.17) is 0 Å². The van der Waals surface area contributed by atoms with E-state index in [0.717, 1.165) is 17.6 Å². The first-order valence-corrected chi connectivity index (χ1v) is 5.69. The van der Waals surface area contributed by atoms with E-state index in [1.54, 1.807) is 11.3 Å². The average molecular weight is 216 g/mol. The molecule has 76 valence electrons. The van der Waals surface area contributed by atoms with Gasteiger partial charge in [0.05, 0.1) is 4.88 Å². The van der Waals surface area contributed by atoms with E-state index in [1.807, 2.05) is 12.1 Å². The average Bonchev–Trinajstić information content (AvgIpc) is 2.69. The third-order valence-corrected chi connectivity index (χ3v) is 3.31. The SMILES string of the molecule is Cc1ccc(Cc2ccc(C=O)s2)cc1. The zero-order valence-electron chi connectivity index (χ0n) is 8.57. The maximum atomic E-state index is 10.5. The minimum absolute atomic E-state index is 0.803. The summed E-state index contributed by atoms with van der Waals surface area (Å²) in [6, 6.07) is 12.4. The van der Waals surface area contributed by atoms with Crippen LogP contribution in [0.4, 0.5) is 0 Å². The fraction of sp³-hybridized carbons (Fsp3) is 0.154. The summed E-state index contributed by atoms with van der Waals surface area (Å²) in [6.07, 6.45) is 1.82. The molecule has 0 radical (unpaired) electrons. The molecular weight excluding hydrogens is 204 g/mol. The molecule has 0 amide bonds. The number of thiophene rings is 1. The van der Waals surface area contributed by atoms with Gasteiger partial charge in [0.25, 0.3) is 0 Å². The Morgan fingerprint density at radius 1 is 1.13 bits per heavy atom. The zero-order chi connectivity index (χ0) is 10.7. The summed E-state index contributed by atoms with van der Waals surface area (Å²) >= 11 is 1.56. The van der Waals surface area contributed by atoms with E-state index in [-0.39, 0.29) is 0 Å². The number of rotatable bonds is 3. The molecule has 0 unspecified atom stereocenters. The molecule has 1 aromatic heterocycles. The van der Waals surface area contributed by atoms with Gasteiger partial charge in [-0.15, -0.1) is 11.3 Å². The Morgan fingerprint density at radius 3 is 2.47 bits per heavy atom. The molecule has 1 aromatic carbocycles. The van der Waals surface area contributed by atoms with Crippen LogP contribution in [0, 0.1) is 6.92 Å². The van der Waals surface area contributed by atoms with Gasteiger partial charge >= 0.3 is 0 Å². The Hall–Kier alpha value is -1.41. The smallest absolute Gasteiger partial charge is 0.160 e. The predicted molar refractivity (Wildman–Crippen MR) is 63.7 cm³/mol. The Balaban J connectivity index is 2.14. The van der Waals surface area contributed by atoms with Crippen molar-refractivity contribution in [2.45, 2.75) is 13.3 Å². The molecule has 1 heterocycles. The predicted octanol–water partition coefficient (Wildman–Crippen LogP) is 3.46. The normalized spacial score (nSPS) is 10.2. The van der Waals surface area contributed by atoms with Crippen LogP contribution in [0.1, 0.15) is 25.7 Å². The number of carbonyl (C=O) groups is 1. The second-order valence-electron chi connectivity index (χ2n) is 3.58. The van der Waals surface area contributed by atoms with Gasteiger partial charge in [0.2, 0.25) is 0 Å². The summed E-state index contributed by atoms with van der Waals surface area (Å²) in [7, 11) is 0. The lowest BCUT2D eigenvalue weighted by atomic mass is 10.1. The summed E-state index contributed by atoms with van der Waals surface area (Å²) < 4.78 is 0. The number of benzene rings is 1. The highest BCUT2D eigenvalue weighted by atomic mass is 32.1. The number of aldehydes is 1. The van der Waals surface area contributed by atoms with Crippen molar-refractivity contribution in [1.82, 2.24) is 0 Å². The summed E-state index contributed by atoms with van der Waals surface area (Å²) in [5.74, 6) is 0. The van der Waals surface area contributed by atoms with Gasteiger partial charge in [0, 0.05) is 11.3 Å². The molecular formula is C13H12OS. The molecule has 0 N–H and O–H groups in total. The molecule has 2 rings (SSSR count). The number of carbonyl (C=O) groups excluding carboxylic acids is 1. The van der Waals surface area contributed by atoms with E-state index in [2.05, 4.69) is 31.2 Å². The Labute approximate surface area is 93.4 Å². The van der Waals surface area contributed by atoms with Gasteiger partial charge in [-0.2, -0.15) is 0 Å². The van der Waals surface area contributed by atoms with Crippen molar-refractivity contribution in [2.24, 2.45) is 0 Å². The number of aryl methyl sites for hydroxylation is 1. The number of hydrogen-bond acceptors (Lipinski definition) is 2. The molecule has 0 aliphatic carbocycles. The summed E-state index contributed by atoms with van der Waals surface area (Å²) in [5.41, 5.74) is 2.57. The third kappa shape index (κ3) is 2.54. The first kappa shape index (κ1) is 10.1. The van der Waals surface area contributed by atoms with Gasteiger partial charge in [0.1, 0.15) is 0 Å². The van der Waals surface area contributed by atoms with Gasteiger partial charge in [-0.05, 0) is 24.6 Å². The third-order valence-electron chi connectivity index (χ3n) is 2.30. The van der Waals surface area contributed by atoms with E-state index in [9.17, 15) is 4.79 Å². The van der Waals surface area contributed by atoms with Crippen molar-refractivity contribution in [3.8, 4) is 0 Å². The highest BCUT2D eigenvalue weighted by Gasteiger charge is 2.00. The van der Waals surface area contributed by atoms with Crippen LogP contribution >= 0.6 is 11.3 Å². The van der Waals surface area contributed by atoms with Crippen molar-refractivity contribution in [3.05, 3.63) is 57.3 Å². The van der Waals surface area contributed by atoms with E-state index in [0.29, 0.717) is 0 Å². The largest absolute Gasteiger partial charge is 0.297 e. The van der Waals surface area contributed by atoms with E-state index >= 15 is 0 Å². The highest BCUT2D eigenvalue weighted by molar-refractivity contribution is 7.13. The molecule has 1 nitrogen and oxygen atoms in total. The first-order chi connectivity index (χ1) is 7.28. The minimum atomic E-state index is 0.803. The van der Waals surface area contributed by atoms with Crippen LogP contribution in [0.25, 0.3) is 0 Å². The van der Waals surface area contributed by atoms with Crippen LogP contribution in [0.3, 0.4) is 0 Å². The quantitative estimate of drug-likeness (QED) is 0.718. The van der Waals surface area contributed by atoms with Crippen molar-refractivity contribution in [2.75, 3.05) is 0 Å². The second-order valence-corrected chi connectivity index (χ2v) is 4.78. The van der Waals surface area contributed by atoms with E-state index in [1.165, 1.54) is 16.0 Å². The first-order valence-electron chi connectivity index (χ1n) is 4.87. The molecule has 0 aliphatic rings. The van der Waals surface area contributed by atoms with Gasteiger partial charge < -0.3 is 0 Å². The molecule has 15 heavy (non-hydrogen) atoms. The standard InChI is InChI=1S/C13H12OS/c1-10-2-4-11(5-3-10)8-12-6-7-13(9-14)15-12/h2-7,9H,8H2,1H3. The fourth-order valence-electron chi connectivity index (χ4n) is 1.46. The molecule has 0 saturated carbocycles. The second kappa shape index (κ2) is 4.41. The summed E-state index contributed by atoms with van der Waals surface area (Å²) in [6.45, 7) is 2.08. The van der Waals surface area contributed by atoms with Crippen molar-refractivity contribution >= 4 is 17.6 Å². The highest BCUT2D eigenvalue weighted by Crippen LogP contribution is 2.18. The van der Waals surface area contributed by atoms with Crippen LogP contribution in [-0.4, -0.2) is 6.29 Å². The van der Waals surface area contributed by atoms with Crippen LogP contribution in [0.5, 0.6) is 0 Å². The topological polar surface area (TPSA) is 17.1 Å². The zero-order valence-corrected chi connectivity index (χ0v) is 9.38. The molecule has 2 aromatic rings. The van der Waals surface area contributed by atoms with Gasteiger partial charge in [-0.25, -0.2) is 0 Å². The van der Waals surface area contributed by atoms with Crippen LogP contribution in [0.15, 0.2) is 36.4 Å². The molecule has 0 atom stereocenters. The Bertz CT molecular complexity index is 454. The lowest BCUT2D eigenvalue weighted by Gasteiger charge is -1.98. The maximum Gasteiger partial charge on any atom is 0.160 e. The lowest BCUT2D eigenvalue weighted by Crippen LogP contribution is -1.83. The van der Waals surface area contributed by atoms with Crippen LogP contribution in [-0.2, 0) is 6.42 Å². The molecule has 0 fully saturated rings. The van der Waals surface area contributed by atoms with Crippen molar-refractivity contribution in [3.63, 3.8) is 0 Å². The lowest BCUT2D eigenvalue weighted by molar-refractivity contribution is 0.112. The van der Waals surface area contributed by atoms with Gasteiger partial charge in [0.15, 0.2) is 6.29 Å². The monoisotopic (exact) mass is 216 g/mol. The number of hydrogen-bond donors (Lipinski definition) is 0. The molecule has 0 saturated heterocycles. The Morgan fingerprint density at radius 2 is 1.87 bits per heavy atom. The van der Waals surface area contributed by atoms with Crippen molar-refractivity contribution < 1.29 is 4.79 Å². The molecule has 0 bridgehead atoms. The summed E-state index contributed by atoms with van der Waals surface area (Å²) in [5, 5.41) is 0. The molecule has 2 heteroatoms. The molecule has 0 aliphatic heterocycles. The van der Waals surface area contributed by atoms with E-state index < -0.39 is 0 Å². The van der Waals surface area contributed by atoms with Crippen LogP contribution < -0.4 is 0 Å². The van der Waals surface area contributed by atoms with Crippen LogP contribution in [0.2, 0.25) is 0 Å². The Kier molecular flexibility index (Phi) is 2.97. The van der Waals surface area contributed by atoms with Gasteiger partial charge in [-0.1, -0.05) is 29.8 Å². The van der Waals surface area contributed by atoms with Gasteiger partial charge in [-0.3, -0.25) is 4.79 Å². The fourth-order valence-corrected chi connectivity index (χ4v) is 2.32.